The van der Waals surface area contributed by atoms with Gasteiger partial charge in [0.25, 0.3) is 5.91 Å². The lowest BCUT2D eigenvalue weighted by atomic mass is 10.1. The van der Waals surface area contributed by atoms with Gasteiger partial charge < -0.3 is 10.1 Å². The van der Waals surface area contributed by atoms with Crippen molar-refractivity contribution in [2.75, 3.05) is 17.7 Å². The van der Waals surface area contributed by atoms with E-state index in [1.165, 1.54) is 0 Å². The Morgan fingerprint density at radius 2 is 1.65 bits per heavy atom. The van der Waals surface area contributed by atoms with Crippen molar-refractivity contribution in [1.82, 2.24) is 0 Å². The normalized spacial score (nSPS) is 10.2. The van der Waals surface area contributed by atoms with Gasteiger partial charge in [-0.15, -0.1) is 11.8 Å². The maximum Gasteiger partial charge on any atom is 0.340 e. The van der Waals surface area contributed by atoms with Crippen molar-refractivity contribution >= 4 is 29.3 Å². The van der Waals surface area contributed by atoms with Crippen LogP contribution in [0.5, 0.6) is 0 Å². The van der Waals surface area contributed by atoms with Gasteiger partial charge in [0, 0.05) is 4.90 Å². The van der Waals surface area contributed by atoms with Crippen molar-refractivity contribution in [2.24, 2.45) is 0 Å². The zero-order valence-corrected chi connectivity index (χ0v) is 14.0. The maximum atomic E-state index is 12.6. The van der Waals surface area contributed by atoms with Crippen LogP contribution in [0.25, 0.3) is 0 Å². The summed E-state index contributed by atoms with van der Waals surface area (Å²) in [4.78, 5) is 25.5. The summed E-state index contributed by atoms with van der Waals surface area (Å²) in [5.41, 5.74) is 1.40. The molecular formula is C18H19NO3S. The summed E-state index contributed by atoms with van der Waals surface area (Å²) < 4.78 is 5.02. The lowest BCUT2D eigenvalue weighted by molar-refractivity contribution is 0.0527. The molecule has 1 N–H and O–H groups in total. The zero-order valence-electron chi connectivity index (χ0n) is 13.2. The van der Waals surface area contributed by atoms with Gasteiger partial charge in [-0.25, -0.2) is 4.79 Å². The van der Waals surface area contributed by atoms with E-state index in [-0.39, 0.29) is 12.5 Å². The Balaban J connectivity index is 2.26. The largest absolute Gasteiger partial charge is 0.462 e. The molecule has 0 aliphatic rings. The number of benzene rings is 2. The van der Waals surface area contributed by atoms with Gasteiger partial charge >= 0.3 is 5.97 Å². The van der Waals surface area contributed by atoms with E-state index in [2.05, 4.69) is 5.32 Å². The van der Waals surface area contributed by atoms with Crippen molar-refractivity contribution in [2.45, 2.75) is 18.7 Å². The highest BCUT2D eigenvalue weighted by Gasteiger charge is 2.16. The Morgan fingerprint density at radius 3 is 2.35 bits per heavy atom. The molecule has 2 aromatic rings. The first-order chi connectivity index (χ1) is 11.2. The van der Waals surface area contributed by atoms with Crippen LogP contribution in [0.2, 0.25) is 0 Å². The van der Waals surface area contributed by atoms with Crippen molar-refractivity contribution in [1.29, 1.82) is 0 Å². The van der Waals surface area contributed by atoms with Crippen LogP contribution in [-0.4, -0.2) is 24.2 Å². The lowest BCUT2D eigenvalue weighted by Gasteiger charge is -2.12. The fourth-order valence-corrected chi connectivity index (χ4v) is 2.91. The predicted molar refractivity (Wildman–Crippen MR) is 93.2 cm³/mol. The molecule has 0 saturated carbocycles. The lowest BCUT2D eigenvalue weighted by Crippen LogP contribution is -2.16. The minimum atomic E-state index is -0.445. The molecule has 4 nitrogen and oxygen atoms in total. The summed E-state index contributed by atoms with van der Waals surface area (Å²) in [5, 5.41) is 2.81. The summed E-state index contributed by atoms with van der Waals surface area (Å²) in [6.45, 7) is 4.07. The van der Waals surface area contributed by atoms with Crippen LogP contribution in [0.4, 0.5) is 5.69 Å². The summed E-state index contributed by atoms with van der Waals surface area (Å²) in [6.07, 6.45) is 0. The molecule has 0 spiro atoms. The number of thioether (sulfide) groups is 1. The molecule has 23 heavy (non-hydrogen) atoms. The summed E-state index contributed by atoms with van der Waals surface area (Å²) in [5.74, 6) is 0.196. The molecular weight excluding hydrogens is 310 g/mol. The molecule has 2 aromatic carbocycles. The SMILES string of the molecule is CCOC(=O)c1ccccc1NC(=O)c1ccccc1SCC. The summed E-state index contributed by atoms with van der Waals surface area (Å²) >= 11 is 1.61. The number of anilines is 1. The zero-order chi connectivity index (χ0) is 16.7. The smallest absolute Gasteiger partial charge is 0.340 e. The number of amides is 1. The molecule has 0 atom stereocenters. The minimum Gasteiger partial charge on any atom is -0.462 e. The molecule has 1 amide bonds. The van der Waals surface area contributed by atoms with Gasteiger partial charge in [0.1, 0.15) is 0 Å². The van der Waals surface area contributed by atoms with Gasteiger partial charge in [-0.2, -0.15) is 0 Å². The van der Waals surface area contributed by atoms with Crippen molar-refractivity contribution in [3.63, 3.8) is 0 Å². The van der Waals surface area contributed by atoms with Crippen LogP contribution >= 0.6 is 11.8 Å². The molecule has 0 radical (unpaired) electrons. The van der Waals surface area contributed by atoms with E-state index in [1.54, 1.807) is 49.0 Å². The van der Waals surface area contributed by atoms with Crippen molar-refractivity contribution in [3.8, 4) is 0 Å². The number of carbonyl (C=O) groups excluding carboxylic acids is 2. The van der Waals surface area contributed by atoms with Gasteiger partial charge in [-0.05, 0) is 36.9 Å². The molecule has 2 rings (SSSR count). The first-order valence-electron chi connectivity index (χ1n) is 7.46. The van der Waals surface area contributed by atoms with Gasteiger partial charge in [0.15, 0.2) is 0 Å². The van der Waals surface area contributed by atoms with Crippen molar-refractivity contribution < 1.29 is 14.3 Å². The van der Waals surface area contributed by atoms with Gasteiger partial charge in [0.05, 0.1) is 23.4 Å². The molecule has 0 saturated heterocycles. The number of rotatable bonds is 6. The Bertz CT molecular complexity index is 700. The Labute approximate surface area is 140 Å². The maximum absolute atomic E-state index is 12.6. The second-order valence-corrected chi connectivity index (χ2v) is 5.96. The molecule has 0 aliphatic carbocycles. The molecule has 0 bridgehead atoms. The first kappa shape index (κ1) is 17.1. The van der Waals surface area contributed by atoms with Crippen molar-refractivity contribution in [3.05, 3.63) is 59.7 Å². The number of esters is 1. The minimum absolute atomic E-state index is 0.238. The van der Waals surface area contributed by atoms with E-state index in [1.807, 2.05) is 25.1 Å². The molecule has 120 valence electrons. The Hall–Kier alpha value is -2.27. The third-order valence-electron chi connectivity index (χ3n) is 3.10. The number of hydrogen-bond acceptors (Lipinski definition) is 4. The van der Waals surface area contributed by atoms with E-state index in [4.69, 9.17) is 4.74 Å². The number of nitrogens with one attached hydrogen (secondary N) is 1. The number of ether oxygens (including phenoxy) is 1. The second-order valence-electron chi connectivity index (χ2n) is 4.65. The molecule has 0 aliphatic heterocycles. The van der Waals surface area contributed by atoms with E-state index >= 15 is 0 Å². The van der Waals surface area contributed by atoms with Gasteiger partial charge in [-0.1, -0.05) is 31.2 Å². The summed E-state index contributed by atoms with van der Waals surface area (Å²) in [6, 6.07) is 14.3. The van der Waals surface area contributed by atoms with E-state index < -0.39 is 5.97 Å². The van der Waals surface area contributed by atoms with E-state index in [0.29, 0.717) is 16.8 Å². The average Bonchev–Trinajstić information content (AvgIpc) is 2.56. The quantitative estimate of drug-likeness (QED) is 0.636. The first-order valence-corrected chi connectivity index (χ1v) is 8.45. The molecule has 0 unspecified atom stereocenters. The molecule has 0 aromatic heterocycles. The number of para-hydroxylation sites is 1. The molecule has 0 fully saturated rings. The third-order valence-corrected chi connectivity index (χ3v) is 4.06. The topological polar surface area (TPSA) is 55.4 Å². The Morgan fingerprint density at radius 1 is 1.00 bits per heavy atom. The fraction of sp³-hybridized carbons (Fsp3) is 0.222. The van der Waals surface area contributed by atoms with Gasteiger partial charge in [0.2, 0.25) is 0 Å². The predicted octanol–water partition coefficient (Wildman–Crippen LogP) is 4.23. The number of carbonyl (C=O) groups is 2. The standard InChI is InChI=1S/C18H19NO3S/c1-3-22-18(21)13-9-5-7-11-15(13)19-17(20)14-10-6-8-12-16(14)23-4-2/h5-12H,3-4H2,1-2H3,(H,19,20). The van der Waals surface area contributed by atoms with Crippen LogP contribution in [0.3, 0.4) is 0 Å². The van der Waals surface area contributed by atoms with Crippen LogP contribution in [0.1, 0.15) is 34.6 Å². The van der Waals surface area contributed by atoms with Crippen LogP contribution < -0.4 is 5.32 Å². The highest BCUT2D eigenvalue weighted by atomic mass is 32.2. The average molecular weight is 329 g/mol. The number of hydrogen-bond donors (Lipinski definition) is 1. The monoisotopic (exact) mass is 329 g/mol. The van der Waals surface area contributed by atoms with Gasteiger partial charge in [-0.3, -0.25) is 4.79 Å². The second kappa shape index (κ2) is 8.39. The third kappa shape index (κ3) is 4.36. The molecule has 0 heterocycles. The fourth-order valence-electron chi connectivity index (χ4n) is 2.10. The van der Waals surface area contributed by atoms with E-state index in [9.17, 15) is 9.59 Å². The highest BCUT2D eigenvalue weighted by molar-refractivity contribution is 7.99. The highest BCUT2D eigenvalue weighted by Crippen LogP contribution is 2.24. The Kier molecular flexibility index (Phi) is 6.23. The van der Waals surface area contributed by atoms with Crippen LogP contribution in [0, 0.1) is 0 Å². The summed E-state index contributed by atoms with van der Waals surface area (Å²) in [7, 11) is 0. The van der Waals surface area contributed by atoms with E-state index in [0.717, 1.165) is 10.6 Å². The van der Waals surface area contributed by atoms with Crippen LogP contribution in [-0.2, 0) is 4.74 Å². The van der Waals surface area contributed by atoms with Crippen LogP contribution in [0.15, 0.2) is 53.4 Å². The molecule has 5 heteroatoms.